The Morgan fingerprint density at radius 2 is 2.50 bits per heavy atom. The molecule has 1 aromatic rings. The van der Waals surface area contributed by atoms with Gasteiger partial charge in [0.2, 0.25) is 0 Å². The molecule has 2 aliphatic rings. The molecule has 1 N–H and O–H groups in total. The molecule has 0 bridgehead atoms. The van der Waals surface area contributed by atoms with Gasteiger partial charge in [0.05, 0.1) is 11.9 Å². The maximum absolute atomic E-state index is 4.31. The van der Waals surface area contributed by atoms with E-state index in [2.05, 4.69) is 16.5 Å². The van der Waals surface area contributed by atoms with Crippen molar-refractivity contribution in [3.05, 3.63) is 23.0 Å². The first-order valence-corrected chi connectivity index (χ1v) is 5.26. The van der Waals surface area contributed by atoms with E-state index in [1.807, 2.05) is 17.9 Å². The van der Waals surface area contributed by atoms with Crippen LogP contribution in [0.25, 0.3) is 6.08 Å². The van der Waals surface area contributed by atoms with Crippen molar-refractivity contribution in [2.75, 3.05) is 13.1 Å². The van der Waals surface area contributed by atoms with Gasteiger partial charge in [-0.05, 0) is 36.9 Å². The highest BCUT2D eigenvalue weighted by atomic mass is 15.3. The largest absolute Gasteiger partial charge is 0.316 e. The van der Waals surface area contributed by atoms with Crippen LogP contribution in [0.2, 0.25) is 0 Å². The highest BCUT2D eigenvalue weighted by Gasteiger charge is 2.25. The van der Waals surface area contributed by atoms with Gasteiger partial charge >= 0.3 is 0 Å². The Morgan fingerprint density at radius 1 is 1.57 bits per heavy atom. The van der Waals surface area contributed by atoms with E-state index in [0.29, 0.717) is 0 Å². The number of aryl methyl sites for hydroxylation is 1. The minimum absolute atomic E-state index is 0.723. The van der Waals surface area contributed by atoms with Crippen LogP contribution in [0.4, 0.5) is 0 Å². The summed E-state index contributed by atoms with van der Waals surface area (Å²) in [5.41, 5.74) is 4.34. The van der Waals surface area contributed by atoms with Crippen LogP contribution in [0.3, 0.4) is 0 Å². The van der Waals surface area contributed by atoms with Crippen LogP contribution in [-0.2, 0) is 13.5 Å². The zero-order valence-corrected chi connectivity index (χ0v) is 8.45. The van der Waals surface area contributed by atoms with Crippen molar-refractivity contribution in [2.45, 2.75) is 12.8 Å². The van der Waals surface area contributed by atoms with Crippen LogP contribution in [0.1, 0.15) is 17.7 Å². The molecule has 1 atom stereocenters. The molecular formula is C11H15N3. The molecule has 1 fully saturated rings. The van der Waals surface area contributed by atoms with Crippen LogP contribution in [0.15, 0.2) is 11.8 Å². The van der Waals surface area contributed by atoms with Crippen molar-refractivity contribution in [3.63, 3.8) is 0 Å². The van der Waals surface area contributed by atoms with Gasteiger partial charge in [0.1, 0.15) is 0 Å². The third-order valence-corrected chi connectivity index (χ3v) is 3.36. The lowest BCUT2D eigenvalue weighted by Gasteiger charge is -2.29. The predicted molar refractivity (Wildman–Crippen MR) is 55.9 cm³/mol. The summed E-state index contributed by atoms with van der Waals surface area (Å²) in [5.74, 6) is 0.723. The number of piperidine rings is 1. The molecule has 14 heavy (non-hydrogen) atoms. The number of aromatic nitrogens is 2. The Morgan fingerprint density at radius 3 is 3.43 bits per heavy atom. The topological polar surface area (TPSA) is 29.9 Å². The standard InChI is InChI=1S/C11H15N3/c1-14-11-5-8-2-3-12-6-9(8)4-10(11)7-13-14/h5,7,9,12H,2-4,6H2,1H3. The molecule has 0 radical (unpaired) electrons. The van der Waals surface area contributed by atoms with Gasteiger partial charge in [-0.15, -0.1) is 0 Å². The molecule has 0 amide bonds. The fourth-order valence-corrected chi connectivity index (χ4v) is 2.51. The first kappa shape index (κ1) is 8.24. The van der Waals surface area contributed by atoms with Crippen molar-refractivity contribution >= 4 is 6.08 Å². The normalized spacial score (nSPS) is 25.2. The SMILES string of the molecule is Cn1ncc2c1C=C1CCNCC1C2. The van der Waals surface area contributed by atoms with Gasteiger partial charge in [-0.1, -0.05) is 5.57 Å². The van der Waals surface area contributed by atoms with Crippen molar-refractivity contribution in [3.8, 4) is 0 Å². The van der Waals surface area contributed by atoms with Crippen molar-refractivity contribution in [1.29, 1.82) is 0 Å². The van der Waals surface area contributed by atoms with Gasteiger partial charge in [-0.2, -0.15) is 5.10 Å². The van der Waals surface area contributed by atoms with Crippen molar-refractivity contribution in [2.24, 2.45) is 13.0 Å². The lowest BCUT2D eigenvalue weighted by molar-refractivity contribution is 0.467. The van der Waals surface area contributed by atoms with Crippen LogP contribution in [0.5, 0.6) is 0 Å². The number of nitrogens with zero attached hydrogens (tertiary/aromatic N) is 2. The number of hydrogen-bond donors (Lipinski definition) is 1. The maximum Gasteiger partial charge on any atom is 0.0638 e. The van der Waals surface area contributed by atoms with Gasteiger partial charge in [0.25, 0.3) is 0 Å². The minimum Gasteiger partial charge on any atom is -0.316 e. The van der Waals surface area contributed by atoms with Gasteiger partial charge in [0.15, 0.2) is 0 Å². The second kappa shape index (κ2) is 2.95. The van der Waals surface area contributed by atoms with E-state index in [0.717, 1.165) is 19.0 Å². The molecule has 3 rings (SSSR count). The molecule has 3 nitrogen and oxygen atoms in total. The molecule has 1 aliphatic carbocycles. The minimum atomic E-state index is 0.723. The summed E-state index contributed by atoms with van der Waals surface area (Å²) in [6.07, 6.45) is 6.73. The number of hydrogen-bond acceptors (Lipinski definition) is 2. The van der Waals surface area contributed by atoms with Crippen LogP contribution >= 0.6 is 0 Å². The Labute approximate surface area is 83.8 Å². The van der Waals surface area contributed by atoms with E-state index in [1.54, 1.807) is 5.57 Å². The summed E-state index contributed by atoms with van der Waals surface area (Å²) < 4.78 is 1.99. The summed E-state index contributed by atoms with van der Waals surface area (Å²) in [5, 5.41) is 7.76. The van der Waals surface area contributed by atoms with Gasteiger partial charge in [0, 0.05) is 13.6 Å². The monoisotopic (exact) mass is 189 g/mol. The van der Waals surface area contributed by atoms with Crippen molar-refractivity contribution in [1.82, 2.24) is 15.1 Å². The Bertz CT molecular complexity index is 389. The average Bonchev–Trinajstić information content (AvgIpc) is 2.57. The van der Waals surface area contributed by atoms with E-state index in [9.17, 15) is 0 Å². The Kier molecular flexibility index (Phi) is 1.74. The first-order chi connectivity index (χ1) is 6.84. The van der Waals surface area contributed by atoms with Crippen molar-refractivity contribution < 1.29 is 0 Å². The highest BCUT2D eigenvalue weighted by molar-refractivity contribution is 5.57. The summed E-state index contributed by atoms with van der Waals surface area (Å²) in [6.45, 7) is 2.27. The Hall–Kier alpha value is -1.09. The number of fused-ring (bicyclic) bond motifs is 2. The summed E-state index contributed by atoms with van der Waals surface area (Å²) in [7, 11) is 2.03. The molecule has 3 heteroatoms. The zero-order chi connectivity index (χ0) is 9.54. The smallest absolute Gasteiger partial charge is 0.0638 e. The molecule has 74 valence electrons. The molecular weight excluding hydrogens is 174 g/mol. The van der Waals surface area contributed by atoms with Crippen LogP contribution in [0, 0.1) is 5.92 Å². The van der Waals surface area contributed by atoms with Crippen LogP contribution < -0.4 is 5.32 Å². The third-order valence-electron chi connectivity index (χ3n) is 3.36. The molecule has 1 aliphatic heterocycles. The number of nitrogens with one attached hydrogen (secondary N) is 1. The number of rotatable bonds is 0. The maximum atomic E-state index is 4.31. The summed E-state index contributed by atoms with van der Waals surface area (Å²) in [4.78, 5) is 0. The second-order valence-corrected chi connectivity index (χ2v) is 4.25. The lowest BCUT2D eigenvalue weighted by Crippen LogP contribution is -2.34. The summed E-state index contributed by atoms with van der Waals surface area (Å²) in [6, 6.07) is 0. The quantitative estimate of drug-likeness (QED) is 0.659. The molecule has 0 spiro atoms. The second-order valence-electron chi connectivity index (χ2n) is 4.25. The van der Waals surface area contributed by atoms with E-state index >= 15 is 0 Å². The molecule has 1 unspecified atom stereocenters. The molecule has 1 aromatic heterocycles. The lowest BCUT2D eigenvalue weighted by atomic mass is 9.83. The van der Waals surface area contributed by atoms with E-state index in [1.165, 1.54) is 24.1 Å². The molecule has 2 heterocycles. The van der Waals surface area contributed by atoms with Crippen LogP contribution in [-0.4, -0.2) is 22.9 Å². The zero-order valence-electron chi connectivity index (χ0n) is 8.45. The summed E-state index contributed by atoms with van der Waals surface area (Å²) >= 11 is 0. The molecule has 0 aromatic carbocycles. The van der Waals surface area contributed by atoms with Gasteiger partial charge in [-0.3, -0.25) is 4.68 Å². The van der Waals surface area contributed by atoms with E-state index in [4.69, 9.17) is 0 Å². The highest BCUT2D eigenvalue weighted by Crippen LogP contribution is 2.31. The van der Waals surface area contributed by atoms with Gasteiger partial charge in [-0.25, -0.2) is 0 Å². The molecule has 0 saturated carbocycles. The van der Waals surface area contributed by atoms with E-state index in [-0.39, 0.29) is 0 Å². The average molecular weight is 189 g/mol. The fourth-order valence-electron chi connectivity index (χ4n) is 2.51. The van der Waals surface area contributed by atoms with E-state index < -0.39 is 0 Å². The molecule has 1 saturated heterocycles. The first-order valence-electron chi connectivity index (χ1n) is 5.26. The fraction of sp³-hybridized carbons (Fsp3) is 0.545. The van der Waals surface area contributed by atoms with Gasteiger partial charge < -0.3 is 5.32 Å². The predicted octanol–water partition coefficient (Wildman–Crippen LogP) is 0.969. The Balaban J connectivity index is 2.04. The third kappa shape index (κ3) is 1.12.